The van der Waals surface area contributed by atoms with Crippen LogP contribution in [0.4, 0.5) is 0 Å². The molecule has 58 valence electrons. The first-order chi connectivity index (χ1) is 5.11. The Morgan fingerprint density at radius 3 is 2.82 bits per heavy atom. The van der Waals surface area contributed by atoms with Gasteiger partial charge in [0.1, 0.15) is 0 Å². The van der Waals surface area contributed by atoms with Gasteiger partial charge >= 0.3 is 5.97 Å². The van der Waals surface area contributed by atoms with Gasteiger partial charge < -0.3 is 9.67 Å². The van der Waals surface area contributed by atoms with Crippen molar-refractivity contribution in [3.05, 3.63) is 24.8 Å². The van der Waals surface area contributed by atoms with Gasteiger partial charge in [0, 0.05) is 13.2 Å². The summed E-state index contributed by atoms with van der Waals surface area (Å²) >= 11 is 0. The third-order valence-electron chi connectivity index (χ3n) is 1.27. The number of nitrogens with zero attached hydrogens (tertiary/aromatic N) is 2. The summed E-state index contributed by atoms with van der Waals surface area (Å²) in [6.45, 7) is 3.36. The Labute approximate surface area is 63.8 Å². The standard InChI is InChI=1S/C7H8N2O2/c1-5(7(10)11)6-3-9(2)4-8-6/h3-4H,1H2,2H3,(H,10,11). The number of aromatic nitrogens is 2. The molecule has 0 saturated heterocycles. The van der Waals surface area contributed by atoms with Gasteiger partial charge in [-0.15, -0.1) is 0 Å². The fourth-order valence-corrected chi connectivity index (χ4v) is 0.678. The van der Waals surface area contributed by atoms with Gasteiger partial charge in [-0.1, -0.05) is 6.58 Å². The maximum atomic E-state index is 10.4. The number of aryl methyl sites for hydroxylation is 1. The van der Waals surface area contributed by atoms with E-state index in [1.807, 2.05) is 0 Å². The molecule has 4 nitrogen and oxygen atoms in total. The first-order valence-electron chi connectivity index (χ1n) is 3.02. The van der Waals surface area contributed by atoms with Crippen molar-refractivity contribution < 1.29 is 9.90 Å². The lowest BCUT2D eigenvalue weighted by molar-refractivity contribution is -0.130. The van der Waals surface area contributed by atoms with E-state index in [1.54, 1.807) is 17.8 Å². The van der Waals surface area contributed by atoms with Crippen molar-refractivity contribution in [3.8, 4) is 0 Å². The van der Waals surface area contributed by atoms with Crippen LogP contribution in [0.1, 0.15) is 5.69 Å². The van der Waals surface area contributed by atoms with Gasteiger partial charge in [-0.2, -0.15) is 0 Å². The average molecular weight is 152 g/mol. The number of carbonyl (C=O) groups is 1. The molecule has 11 heavy (non-hydrogen) atoms. The summed E-state index contributed by atoms with van der Waals surface area (Å²) in [5.41, 5.74) is 0.422. The maximum absolute atomic E-state index is 10.4. The lowest BCUT2D eigenvalue weighted by Crippen LogP contribution is -1.97. The van der Waals surface area contributed by atoms with E-state index in [4.69, 9.17) is 5.11 Å². The van der Waals surface area contributed by atoms with Gasteiger partial charge in [0.2, 0.25) is 0 Å². The van der Waals surface area contributed by atoms with Crippen molar-refractivity contribution in [2.75, 3.05) is 0 Å². The third kappa shape index (κ3) is 1.46. The monoisotopic (exact) mass is 152 g/mol. The molecule has 4 heteroatoms. The lowest BCUT2D eigenvalue weighted by Gasteiger charge is -1.91. The summed E-state index contributed by atoms with van der Waals surface area (Å²) in [5, 5.41) is 8.50. The minimum Gasteiger partial charge on any atom is -0.478 e. The predicted octanol–water partition coefficient (Wildman–Crippen LogP) is 0.518. The van der Waals surface area contributed by atoms with Crippen molar-refractivity contribution in [1.82, 2.24) is 9.55 Å². The Balaban J connectivity index is 2.94. The van der Waals surface area contributed by atoms with Crippen molar-refractivity contribution >= 4 is 11.5 Å². The average Bonchev–Trinajstić information content (AvgIpc) is 2.34. The van der Waals surface area contributed by atoms with Crippen LogP contribution in [0.5, 0.6) is 0 Å². The molecule has 1 aromatic rings. The van der Waals surface area contributed by atoms with E-state index >= 15 is 0 Å². The normalized spacial score (nSPS) is 9.55. The van der Waals surface area contributed by atoms with Gasteiger partial charge in [0.15, 0.2) is 0 Å². The highest BCUT2D eigenvalue weighted by atomic mass is 16.4. The number of aliphatic carboxylic acids is 1. The van der Waals surface area contributed by atoms with E-state index in [9.17, 15) is 4.79 Å². The maximum Gasteiger partial charge on any atom is 0.337 e. The smallest absolute Gasteiger partial charge is 0.337 e. The van der Waals surface area contributed by atoms with Crippen LogP contribution in [-0.4, -0.2) is 20.6 Å². The highest BCUT2D eigenvalue weighted by Crippen LogP contribution is 2.07. The van der Waals surface area contributed by atoms with E-state index in [2.05, 4.69) is 11.6 Å². The molecule has 0 saturated carbocycles. The Kier molecular flexibility index (Phi) is 1.76. The van der Waals surface area contributed by atoms with Gasteiger partial charge in [-0.05, 0) is 0 Å². The van der Waals surface area contributed by atoms with Crippen LogP contribution in [0, 0.1) is 0 Å². The van der Waals surface area contributed by atoms with E-state index in [0.717, 1.165) is 0 Å². The quantitative estimate of drug-likeness (QED) is 0.628. The van der Waals surface area contributed by atoms with E-state index in [0.29, 0.717) is 5.69 Å². The molecule has 0 fully saturated rings. The zero-order valence-electron chi connectivity index (χ0n) is 6.11. The molecule has 0 spiro atoms. The Morgan fingerprint density at radius 1 is 1.82 bits per heavy atom. The Hall–Kier alpha value is -1.58. The molecule has 1 rings (SSSR count). The van der Waals surface area contributed by atoms with E-state index in [1.165, 1.54) is 6.33 Å². The third-order valence-corrected chi connectivity index (χ3v) is 1.27. The van der Waals surface area contributed by atoms with Crippen molar-refractivity contribution in [1.29, 1.82) is 0 Å². The number of hydrogen-bond donors (Lipinski definition) is 1. The number of carboxylic acid groups (broad SMARTS) is 1. The fourth-order valence-electron chi connectivity index (χ4n) is 0.678. The van der Waals surface area contributed by atoms with Crippen LogP contribution >= 0.6 is 0 Å². The highest BCUT2D eigenvalue weighted by molar-refractivity contribution is 6.13. The molecule has 0 amide bonds. The predicted molar refractivity (Wildman–Crippen MR) is 39.9 cm³/mol. The molecule has 1 aromatic heterocycles. The topological polar surface area (TPSA) is 55.1 Å². The van der Waals surface area contributed by atoms with E-state index < -0.39 is 5.97 Å². The molecule has 0 aliphatic rings. The minimum atomic E-state index is -1.04. The molecular weight excluding hydrogens is 144 g/mol. The van der Waals surface area contributed by atoms with Gasteiger partial charge in [-0.25, -0.2) is 9.78 Å². The van der Waals surface area contributed by atoms with Crippen molar-refractivity contribution in [3.63, 3.8) is 0 Å². The van der Waals surface area contributed by atoms with Gasteiger partial charge in [0.05, 0.1) is 17.6 Å². The van der Waals surface area contributed by atoms with Gasteiger partial charge in [0.25, 0.3) is 0 Å². The number of imidazole rings is 1. The van der Waals surface area contributed by atoms with Gasteiger partial charge in [-0.3, -0.25) is 0 Å². The van der Waals surface area contributed by atoms with Crippen LogP contribution in [0.15, 0.2) is 19.1 Å². The summed E-state index contributed by atoms with van der Waals surface area (Å²) in [5.74, 6) is -1.04. The zero-order valence-corrected chi connectivity index (χ0v) is 6.11. The molecule has 0 aromatic carbocycles. The second-order valence-electron chi connectivity index (χ2n) is 2.21. The van der Waals surface area contributed by atoms with Crippen LogP contribution in [0.25, 0.3) is 5.57 Å². The molecule has 0 aliphatic heterocycles. The van der Waals surface area contributed by atoms with Crippen molar-refractivity contribution in [2.24, 2.45) is 7.05 Å². The number of hydrogen-bond acceptors (Lipinski definition) is 2. The second-order valence-corrected chi connectivity index (χ2v) is 2.21. The Morgan fingerprint density at radius 2 is 2.45 bits per heavy atom. The van der Waals surface area contributed by atoms with Crippen LogP contribution in [0.3, 0.4) is 0 Å². The second kappa shape index (κ2) is 2.57. The summed E-state index contributed by atoms with van der Waals surface area (Å²) in [4.78, 5) is 14.2. The van der Waals surface area contributed by atoms with E-state index in [-0.39, 0.29) is 5.57 Å². The summed E-state index contributed by atoms with van der Waals surface area (Å²) < 4.78 is 1.67. The van der Waals surface area contributed by atoms with Crippen LogP contribution < -0.4 is 0 Å². The summed E-state index contributed by atoms with van der Waals surface area (Å²) in [6, 6.07) is 0. The molecule has 0 atom stereocenters. The minimum absolute atomic E-state index is 0.0191. The largest absolute Gasteiger partial charge is 0.478 e. The molecule has 1 heterocycles. The Bertz CT molecular complexity index is 301. The highest BCUT2D eigenvalue weighted by Gasteiger charge is 2.08. The lowest BCUT2D eigenvalue weighted by atomic mass is 10.2. The number of carboxylic acids is 1. The van der Waals surface area contributed by atoms with Crippen LogP contribution in [0.2, 0.25) is 0 Å². The van der Waals surface area contributed by atoms with Crippen molar-refractivity contribution in [2.45, 2.75) is 0 Å². The summed E-state index contributed by atoms with van der Waals surface area (Å²) in [7, 11) is 1.77. The molecule has 0 bridgehead atoms. The van der Waals surface area contributed by atoms with Crippen LogP contribution in [-0.2, 0) is 11.8 Å². The first-order valence-corrected chi connectivity index (χ1v) is 3.02. The molecular formula is C7H8N2O2. The zero-order chi connectivity index (χ0) is 8.43. The molecule has 1 N–H and O–H groups in total. The molecule has 0 unspecified atom stereocenters. The first kappa shape index (κ1) is 7.53. The SMILES string of the molecule is C=C(C(=O)O)c1cn(C)cn1. The molecule has 0 aliphatic carbocycles. The fraction of sp³-hybridized carbons (Fsp3) is 0.143. The number of rotatable bonds is 2. The summed E-state index contributed by atoms with van der Waals surface area (Å²) in [6.07, 6.45) is 3.14. The molecule has 0 radical (unpaired) electrons.